The zero-order valence-corrected chi connectivity index (χ0v) is 12.0. The third-order valence-corrected chi connectivity index (χ3v) is 3.41. The van der Waals surface area contributed by atoms with Gasteiger partial charge in [-0.1, -0.05) is 29.8 Å². The molecule has 2 nitrogen and oxygen atoms in total. The Morgan fingerprint density at radius 2 is 1.89 bits per heavy atom. The van der Waals surface area contributed by atoms with Gasteiger partial charge in [0, 0.05) is 11.0 Å². The van der Waals surface area contributed by atoms with Crippen molar-refractivity contribution in [1.82, 2.24) is 5.32 Å². The molecule has 2 aromatic carbocycles. The minimum absolute atomic E-state index is 0.229. The predicted molar refractivity (Wildman–Crippen MR) is 76.4 cm³/mol. The van der Waals surface area contributed by atoms with Crippen LogP contribution in [0, 0.1) is 12.7 Å². The highest BCUT2D eigenvalue weighted by Crippen LogP contribution is 2.18. The van der Waals surface area contributed by atoms with E-state index in [4.69, 9.17) is 0 Å². The van der Waals surface area contributed by atoms with Crippen LogP contribution in [-0.4, -0.2) is 5.91 Å². The van der Waals surface area contributed by atoms with E-state index in [1.165, 1.54) is 23.8 Å². The highest BCUT2D eigenvalue weighted by Gasteiger charge is 2.10. The molecule has 0 aromatic heterocycles. The number of hydrogen-bond acceptors (Lipinski definition) is 1. The van der Waals surface area contributed by atoms with Crippen LogP contribution >= 0.6 is 15.9 Å². The molecule has 0 unspecified atom stereocenters. The van der Waals surface area contributed by atoms with Crippen molar-refractivity contribution < 1.29 is 9.18 Å². The number of halogens is 2. The Kier molecular flexibility index (Phi) is 4.32. The third-order valence-electron chi connectivity index (χ3n) is 2.75. The second-order valence-electron chi connectivity index (χ2n) is 4.29. The van der Waals surface area contributed by atoms with Crippen molar-refractivity contribution in [2.45, 2.75) is 13.5 Å². The van der Waals surface area contributed by atoms with Crippen LogP contribution in [0.2, 0.25) is 0 Å². The van der Waals surface area contributed by atoms with Crippen molar-refractivity contribution in [2.75, 3.05) is 0 Å². The highest BCUT2D eigenvalue weighted by atomic mass is 79.9. The highest BCUT2D eigenvalue weighted by molar-refractivity contribution is 9.10. The van der Waals surface area contributed by atoms with Gasteiger partial charge in [0.2, 0.25) is 0 Å². The van der Waals surface area contributed by atoms with Crippen molar-refractivity contribution in [3.05, 3.63) is 69.4 Å². The van der Waals surface area contributed by atoms with E-state index < -0.39 is 0 Å². The number of amides is 1. The van der Waals surface area contributed by atoms with Crippen LogP contribution in [0.25, 0.3) is 0 Å². The van der Waals surface area contributed by atoms with Crippen molar-refractivity contribution in [2.24, 2.45) is 0 Å². The van der Waals surface area contributed by atoms with E-state index in [0.29, 0.717) is 16.6 Å². The summed E-state index contributed by atoms with van der Waals surface area (Å²) in [6, 6.07) is 11.9. The first kappa shape index (κ1) is 13.7. The van der Waals surface area contributed by atoms with Gasteiger partial charge in [0.25, 0.3) is 5.91 Å². The minimum Gasteiger partial charge on any atom is -0.348 e. The summed E-state index contributed by atoms with van der Waals surface area (Å²) in [4.78, 5) is 12.0. The van der Waals surface area contributed by atoms with Gasteiger partial charge in [-0.05, 0) is 46.6 Å². The fourth-order valence-electron chi connectivity index (χ4n) is 1.66. The van der Waals surface area contributed by atoms with E-state index in [2.05, 4.69) is 21.2 Å². The van der Waals surface area contributed by atoms with Crippen LogP contribution < -0.4 is 5.32 Å². The Labute approximate surface area is 119 Å². The van der Waals surface area contributed by atoms with Crippen LogP contribution in [0.3, 0.4) is 0 Å². The first-order valence-corrected chi connectivity index (χ1v) is 6.64. The molecule has 0 aliphatic carbocycles. The Bertz CT molecular complexity index is 596. The summed E-state index contributed by atoms with van der Waals surface area (Å²) in [6.07, 6.45) is 0. The van der Waals surface area contributed by atoms with Crippen molar-refractivity contribution in [1.29, 1.82) is 0 Å². The van der Waals surface area contributed by atoms with Crippen molar-refractivity contribution in [3.8, 4) is 0 Å². The molecule has 0 atom stereocenters. The molecular formula is C15H13BrFNO. The molecule has 0 spiro atoms. The quantitative estimate of drug-likeness (QED) is 0.914. The molecule has 2 rings (SSSR count). The molecule has 0 bridgehead atoms. The van der Waals surface area contributed by atoms with Gasteiger partial charge in [0.05, 0.1) is 5.56 Å². The smallest absolute Gasteiger partial charge is 0.252 e. The van der Waals surface area contributed by atoms with E-state index in [9.17, 15) is 9.18 Å². The Hall–Kier alpha value is -1.68. The molecule has 0 aliphatic rings. The predicted octanol–water partition coefficient (Wildman–Crippen LogP) is 3.83. The van der Waals surface area contributed by atoms with E-state index in [0.717, 1.165) is 5.56 Å². The summed E-state index contributed by atoms with van der Waals surface area (Å²) in [5.41, 5.74) is 2.63. The van der Waals surface area contributed by atoms with Gasteiger partial charge < -0.3 is 5.32 Å². The van der Waals surface area contributed by atoms with E-state index in [-0.39, 0.29) is 11.7 Å². The molecule has 2 aromatic rings. The molecule has 1 N–H and O–H groups in total. The van der Waals surface area contributed by atoms with E-state index in [1.54, 1.807) is 0 Å². The van der Waals surface area contributed by atoms with E-state index >= 15 is 0 Å². The maximum Gasteiger partial charge on any atom is 0.252 e. The number of aryl methyl sites for hydroxylation is 1. The molecule has 1 amide bonds. The summed E-state index contributed by atoms with van der Waals surface area (Å²) in [5, 5.41) is 2.80. The second kappa shape index (κ2) is 5.97. The zero-order valence-electron chi connectivity index (χ0n) is 10.4. The molecule has 0 saturated carbocycles. The Balaban J connectivity index is 2.03. The average Bonchev–Trinajstić information content (AvgIpc) is 2.37. The van der Waals surface area contributed by atoms with Crippen molar-refractivity contribution in [3.63, 3.8) is 0 Å². The van der Waals surface area contributed by atoms with Crippen molar-refractivity contribution >= 4 is 21.8 Å². The first-order chi connectivity index (χ1) is 9.06. The SMILES string of the molecule is Cc1ccc(CNC(=O)c2ccc(F)cc2Br)cc1. The lowest BCUT2D eigenvalue weighted by molar-refractivity contribution is 0.0950. The van der Waals surface area contributed by atoms with Crippen LogP contribution in [0.4, 0.5) is 4.39 Å². The first-order valence-electron chi connectivity index (χ1n) is 5.85. The van der Waals surface area contributed by atoms with Gasteiger partial charge >= 0.3 is 0 Å². The topological polar surface area (TPSA) is 29.1 Å². The van der Waals surface area contributed by atoms with Crippen LogP contribution in [-0.2, 0) is 6.54 Å². The fraction of sp³-hybridized carbons (Fsp3) is 0.133. The van der Waals surface area contributed by atoms with E-state index in [1.807, 2.05) is 31.2 Å². The number of benzene rings is 2. The van der Waals surface area contributed by atoms with Gasteiger partial charge in [-0.15, -0.1) is 0 Å². The largest absolute Gasteiger partial charge is 0.348 e. The van der Waals surface area contributed by atoms with Gasteiger partial charge in [0.1, 0.15) is 5.82 Å². The fourth-order valence-corrected chi connectivity index (χ4v) is 2.19. The number of carbonyl (C=O) groups is 1. The van der Waals surface area contributed by atoms with Gasteiger partial charge in [-0.2, -0.15) is 0 Å². The lowest BCUT2D eigenvalue weighted by Gasteiger charge is -2.07. The molecule has 19 heavy (non-hydrogen) atoms. The number of hydrogen-bond donors (Lipinski definition) is 1. The number of carbonyl (C=O) groups excluding carboxylic acids is 1. The van der Waals surface area contributed by atoms with Gasteiger partial charge in [0.15, 0.2) is 0 Å². The molecule has 0 aliphatic heterocycles. The standard InChI is InChI=1S/C15H13BrFNO/c1-10-2-4-11(5-3-10)9-18-15(19)13-7-6-12(17)8-14(13)16/h2-8H,9H2,1H3,(H,18,19). The second-order valence-corrected chi connectivity index (χ2v) is 5.15. The molecule has 98 valence electrons. The lowest BCUT2D eigenvalue weighted by Crippen LogP contribution is -2.23. The average molecular weight is 322 g/mol. The maximum atomic E-state index is 12.9. The molecule has 0 saturated heterocycles. The molecule has 0 radical (unpaired) electrons. The molecule has 4 heteroatoms. The summed E-state index contributed by atoms with van der Waals surface area (Å²) in [6.45, 7) is 2.46. The normalized spacial score (nSPS) is 10.3. The summed E-state index contributed by atoms with van der Waals surface area (Å²) in [7, 11) is 0. The minimum atomic E-state index is -0.373. The summed E-state index contributed by atoms with van der Waals surface area (Å²) >= 11 is 3.18. The zero-order chi connectivity index (χ0) is 13.8. The van der Waals surface area contributed by atoms with Gasteiger partial charge in [-0.3, -0.25) is 4.79 Å². The third kappa shape index (κ3) is 3.64. The Morgan fingerprint density at radius 3 is 2.53 bits per heavy atom. The summed E-state index contributed by atoms with van der Waals surface area (Å²) in [5.74, 6) is -0.602. The number of nitrogens with one attached hydrogen (secondary N) is 1. The lowest BCUT2D eigenvalue weighted by atomic mass is 10.1. The molecular weight excluding hydrogens is 309 g/mol. The van der Waals surface area contributed by atoms with Gasteiger partial charge in [-0.25, -0.2) is 4.39 Å². The van der Waals surface area contributed by atoms with Crippen LogP contribution in [0.15, 0.2) is 46.9 Å². The molecule has 0 heterocycles. The monoisotopic (exact) mass is 321 g/mol. The summed E-state index contributed by atoms with van der Waals surface area (Å²) < 4.78 is 13.4. The Morgan fingerprint density at radius 1 is 1.21 bits per heavy atom. The number of rotatable bonds is 3. The van der Waals surface area contributed by atoms with Crippen LogP contribution in [0.1, 0.15) is 21.5 Å². The maximum absolute atomic E-state index is 12.9. The van der Waals surface area contributed by atoms with Crippen LogP contribution in [0.5, 0.6) is 0 Å². The molecule has 0 fully saturated rings.